The molecule has 5 heteroatoms. The van der Waals surface area contributed by atoms with E-state index >= 15 is 0 Å². The summed E-state index contributed by atoms with van der Waals surface area (Å²) >= 11 is 1.63. The lowest BCUT2D eigenvalue weighted by Gasteiger charge is -2.24. The number of thioether (sulfide) groups is 1. The molecule has 1 heterocycles. The lowest BCUT2D eigenvalue weighted by atomic mass is 10.1. The summed E-state index contributed by atoms with van der Waals surface area (Å²) in [4.78, 5) is 27.7. The molecule has 1 saturated heterocycles. The fraction of sp³-hybridized carbons (Fsp3) is 0.263. The quantitative estimate of drug-likeness (QED) is 0.858. The molecule has 0 aliphatic carbocycles. The third-order valence-electron chi connectivity index (χ3n) is 4.01. The first-order chi connectivity index (χ1) is 11.6. The number of carbonyl (C=O) groups excluding carboxylic acids is 2. The lowest BCUT2D eigenvalue weighted by Crippen LogP contribution is -2.27. The van der Waals surface area contributed by atoms with Crippen molar-refractivity contribution in [3.8, 4) is 0 Å². The summed E-state index contributed by atoms with van der Waals surface area (Å²) in [5, 5.41) is 0.00112. The minimum absolute atomic E-state index is 0.00112. The van der Waals surface area contributed by atoms with Crippen molar-refractivity contribution in [2.24, 2.45) is 0 Å². The summed E-state index contributed by atoms with van der Waals surface area (Å²) in [6, 6.07) is 17.6. The van der Waals surface area contributed by atoms with Gasteiger partial charge in [0.2, 0.25) is 5.91 Å². The SMILES string of the molecule is CN(C)C(=O)c1ccc([C@@H]2SCC(=O)N2Cc2ccccc2)cc1. The summed E-state index contributed by atoms with van der Waals surface area (Å²) in [5.74, 6) is 0.635. The Labute approximate surface area is 146 Å². The Morgan fingerprint density at radius 1 is 1.12 bits per heavy atom. The van der Waals surface area contributed by atoms with Gasteiger partial charge in [-0.2, -0.15) is 0 Å². The van der Waals surface area contributed by atoms with Gasteiger partial charge in [0.25, 0.3) is 5.91 Å². The Balaban J connectivity index is 1.79. The first-order valence-electron chi connectivity index (χ1n) is 7.83. The van der Waals surface area contributed by atoms with Crippen LogP contribution >= 0.6 is 11.8 Å². The maximum absolute atomic E-state index is 12.3. The number of carbonyl (C=O) groups is 2. The van der Waals surface area contributed by atoms with Crippen LogP contribution in [0.1, 0.15) is 26.9 Å². The average molecular weight is 340 g/mol. The topological polar surface area (TPSA) is 40.6 Å². The highest BCUT2D eigenvalue weighted by molar-refractivity contribution is 8.00. The lowest BCUT2D eigenvalue weighted by molar-refractivity contribution is -0.128. The third-order valence-corrected chi connectivity index (χ3v) is 5.27. The van der Waals surface area contributed by atoms with Crippen molar-refractivity contribution < 1.29 is 9.59 Å². The predicted octanol–water partition coefficient (Wildman–Crippen LogP) is 3.16. The Morgan fingerprint density at radius 3 is 2.42 bits per heavy atom. The Kier molecular flexibility index (Phi) is 4.90. The molecule has 1 fully saturated rings. The highest BCUT2D eigenvalue weighted by Gasteiger charge is 2.32. The second-order valence-electron chi connectivity index (χ2n) is 5.99. The maximum Gasteiger partial charge on any atom is 0.253 e. The first-order valence-corrected chi connectivity index (χ1v) is 8.88. The number of hydrogen-bond acceptors (Lipinski definition) is 3. The molecule has 0 spiro atoms. The monoisotopic (exact) mass is 340 g/mol. The number of amides is 2. The van der Waals surface area contributed by atoms with Crippen LogP contribution in [0.25, 0.3) is 0 Å². The highest BCUT2D eigenvalue weighted by atomic mass is 32.2. The minimum atomic E-state index is -0.0159. The Morgan fingerprint density at radius 2 is 1.79 bits per heavy atom. The molecule has 24 heavy (non-hydrogen) atoms. The molecular weight excluding hydrogens is 320 g/mol. The van der Waals surface area contributed by atoms with Crippen molar-refractivity contribution in [2.75, 3.05) is 19.8 Å². The summed E-state index contributed by atoms with van der Waals surface area (Å²) < 4.78 is 0. The van der Waals surface area contributed by atoms with E-state index in [0.29, 0.717) is 17.9 Å². The molecule has 0 saturated carbocycles. The van der Waals surface area contributed by atoms with Crippen LogP contribution in [0.2, 0.25) is 0 Å². The molecule has 0 unspecified atom stereocenters. The van der Waals surface area contributed by atoms with Gasteiger partial charge in [0, 0.05) is 26.2 Å². The van der Waals surface area contributed by atoms with Gasteiger partial charge >= 0.3 is 0 Å². The zero-order valence-corrected chi connectivity index (χ0v) is 14.6. The van der Waals surface area contributed by atoms with E-state index in [1.165, 1.54) is 0 Å². The van der Waals surface area contributed by atoms with Gasteiger partial charge in [-0.05, 0) is 23.3 Å². The highest BCUT2D eigenvalue weighted by Crippen LogP contribution is 2.39. The van der Waals surface area contributed by atoms with Crippen LogP contribution in [-0.2, 0) is 11.3 Å². The number of benzene rings is 2. The van der Waals surface area contributed by atoms with E-state index in [1.807, 2.05) is 59.5 Å². The smallest absolute Gasteiger partial charge is 0.253 e. The van der Waals surface area contributed by atoms with Crippen LogP contribution in [0.5, 0.6) is 0 Å². The molecule has 2 aromatic rings. The molecule has 0 N–H and O–H groups in total. The molecular formula is C19H20N2O2S. The van der Waals surface area contributed by atoms with E-state index in [2.05, 4.69) is 0 Å². The molecule has 2 aromatic carbocycles. The zero-order valence-electron chi connectivity index (χ0n) is 13.8. The van der Waals surface area contributed by atoms with Crippen LogP contribution in [-0.4, -0.2) is 41.5 Å². The van der Waals surface area contributed by atoms with Crippen molar-refractivity contribution in [1.82, 2.24) is 9.80 Å². The molecule has 124 valence electrons. The largest absolute Gasteiger partial charge is 0.345 e. The van der Waals surface area contributed by atoms with Gasteiger partial charge in [0.05, 0.1) is 5.75 Å². The molecule has 3 rings (SSSR count). The normalized spacial score (nSPS) is 17.2. The van der Waals surface area contributed by atoms with E-state index in [4.69, 9.17) is 0 Å². The van der Waals surface area contributed by atoms with Crippen LogP contribution in [0, 0.1) is 0 Å². The van der Waals surface area contributed by atoms with Crippen molar-refractivity contribution >= 4 is 23.6 Å². The van der Waals surface area contributed by atoms with Crippen LogP contribution in [0.15, 0.2) is 54.6 Å². The fourth-order valence-corrected chi connectivity index (χ4v) is 3.92. The standard InChI is InChI=1S/C19H20N2O2S/c1-20(2)18(23)15-8-10-16(11-9-15)19-21(17(22)13-24-19)12-14-6-4-3-5-7-14/h3-11,19H,12-13H2,1-2H3/t19-/m0/s1. The van der Waals surface area contributed by atoms with Gasteiger partial charge in [-0.3, -0.25) is 9.59 Å². The predicted molar refractivity (Wildman–Crippen MR) is 96.7 cm³/mol. The molecule has 1 aliphatic heterocycles. The zero-order chi connectivity index (χ0) is 17.1. The van der Waals surface area contributed by atoms with E-state index in [9.17, 15) is 9.59 Å². The third kappa shape index (κ3) is 3.46. The van der Waals surface area contributed by atoms with Crippen molar-refractivity contribution in [3.63, 3.8) is 0 Å². The van der Waals surface area contributed by atoms with Gasteiger partial charge < -0.3 is 9.80 Å². The average Bonchev–Trinajstić information content (AvgIpc) is 2.96. The molecule has 0 bridgehead atoms. The molecule has 0 radical (unpaired) electrons. The summed E-state index contributed by atoms with van der Waals surface area (Å²) in [6.45, 7) is 0.607. The maximum atomic E-state index is 12.3. The number of hydrogen-bond donors (Lipinski definition) is 0. The van der Waals surface area contributed by atoms with Gasteiger partial charge in [0.15, 0.2) is 0 Å². The number of nitrogens with zero attached hydrogens (tertiary/aromatic N) is 2. The molecule has 1 aliphatic rings. The summed E-state index contributed by atoms with van der Waals surface area (Å²) in [5.41, 5.74) is 2.84. The van der Waals surface area contributed by atoms with E-state index in [0.717, 1.165) is 11.1 Å². The van der Waals surface area contributed by atoms with Crippen molar-refractivity contribution in [3.05, 3.63) is 71.3 Å². The van der Waals surface area contributed by atoms with Crippen LogP contribution in [0.3, 0.4) is 0 Å². The Hall–Kier alpha value is -2.27. The van der Waals surface area contributed by atoms with E-state index in [-0.39, 0.29) is 17.2 Å². The van der Waals surface area contributed by atoms with Crippen molar-refractivity contribution in [2.45, 2.75) is 11.9 Å². The van der Waals surface area contributed by atoms with Crippen LogP contribution < -0.4 is 0 Å². The van der Waals surface area contributed by atoms with E-state index < -0.39 is 0 Å². The second-order valence-corrected chi connectivity index (χ2v) is 7.06. The molecule has 4 nitrogen and oxygen atoms in total. The molecule has 1 atom stereocenters. The molecule has 2 amide bonds. The minimum Gasteiger partial charge on any atom is -0.345 e. The van der Waals surface area contributed by atoms with Gasteiger partial charge in [-0.15, -0.1) is 11.8 Å². The van der Waals surface area contributed by atoms with Gasteiger partial charge in [0.1, 0.15) is 5.37 Å². The summed E-state index contributed by atoms with van der Waals surface area (Å²) in [6.07, 6.45) is 0. The number of rotatable bonds is 4. The fourth-order valence-electron chi connectivity index (χ4n) is 2.73. The van der Waals surface area contributed by atoms with Crippen molar-refractivity contribution in [1.29, 1.82) is 0 Å². The Bertz CT molecular complexity index is 729. The second kappa shape index (κ2) is 7.09. The van der Waals surface area contributed by atoms with Gasteiger partial charge in [-0.25, -0.2) is 0 Å². The first kappa shape index (κ1) is 16.6. The summed E-state index contributed by atoms with van der Waals surface area (Å²) in [7, 11) is 3.48. The van der Waals surface area contributed by atoms with Gasteiger partial charge in [-0.1, -0.05) is 42.5 Å². The van der Waals surface area contributed by atoms with Crippen LogP contribution in [0.4, 0.5) is 0 Å². The van der Waals surface area contributed by atoms with E-state index in [1.54, 1.807) is 30.8 Å². The molecule has 0 aromatic heterocycles.